The summed E-state index contributed by atoms with van der Waals surface area (Å²) >= 11 is 5.58. The normalized spacial score (nSPS) is 21.9. The molecule has 0 bridgehead atoms. The van der Waals surface area contributed by atoms with Crippen molar-refractivity contribution in [1.29, 1.82) is 0 Å². The number of hydrogen-bond acceptors (Lipinski definition) is 1. The summed E-state index contributed by atoms with van der Waals surface area (Å²) in [5.74, 6) is 1.32. The molecule has 0 saturated heterocycles. The Balaban J connectivity index is 2.17. The van der Waals surface area contributed by atoms with E-state index in [1.54, 1.807) is 0 Å². The van der Waals surface area contributed by atoms with Gasteiger partial charge in [0.25, 0.3) is 0 Å². The van der Waals surface area contributed by atoms with Gasteiger partial charge in [0.1, 0.15) is 0 Å². The van der Waals surface area contributed by atoms with Crippen molar-refractivity contribution in [1.82, 2.24) is 10.6 Å². The molecule has 0 radical (unpaired) electrons. The Morgan fingerprint density at radius 2 is 1.83 bits per heavy atom. The van der Waals surface area contributed by atoms with Crippen LogP contribution in [0.4, 0.5) is 4.79 Å². The molecule has 2 N–H and O–H groups in total. The van der Waals surface area contributed by atoms with E-state index in [0.717, 1.165) is 18.8 Å². The van der Waals surface area contributed by atoms with Gasteiger partial charge in [-0.05, 0) is 56.3 Å². The lowest BCUT2D eigenvalue weighted by Crippen LogP contribution is -2.44. The number of hydrogen-bond donors (Lipinski definition) is 2. The first-order valence-corrected chi connectivity index (χ1v) is 10.1. The smallest absolute Gasteiger partial charge is 0.315 e. The Labute approximate surface area is 148 Å². The van der Waals surface area contributed by atoms with Crippen LogP contribution in [-0.4, -0.2) is 24.5 Å². The standard InChI is InChI=1S/C19H37ClN2O/c1-4-5-6-12-19(2,3)13-11-16-7-9-17(10-8-16)22-18(23)21-15-14-20/h16-17H,4-15H2,1-3H3,(H2,21,22,23). The summed E-state index contributed by atoms with van der Waals surface area (Å²) in [6.07, 6.45) is 12.9. The first kappa shape index (κ1) is 20.6. The third-order valence-electron chi connectivity index (χ3n) is 5.25. The third-order valence-corrected chi connectivity index (χ3v) is 5.44. The molecule has 2 amide bonds. The second-order valence-corrected chi connectivity index (χ2v) is 8.34. The Hall–Kier alpha value is -0.440. The highest BCUT2D eigenvalue weighted by atomic mass is 35.5. The van der Waals surface area contributed by atoms with Gasteiger partial charge in [-0.25, -0.2) is 4.79 Å². The maximum Gasteiger partial charge on any atom is 0.315 e. The van der Waals surface area contributed by atoms with E-state index in [4.69, 9.17) is 11.6 Å². The number of carbonyl (C=O) groups excluding carboxylic acids is 1. The van der Waals surface area contributed by atoms with Gasteiger partial charge < -0.3 is 10.6 Å². The Kier molecular flexibility index (Phi) is 10.0. The zero-order chi connectivity index (χ0) is 17.1. The van der Waals surface area contributed by atoms with Crippen LogP contribution in [0, 0.1) is 11.3 Å². The molecule has 0 aromatic heterocycles. The van der Waals surface area contributed by atoms with Gasteiger partial charge in [-0.1, -0.05) is 40.0 Å². The minimum atomic E-state index is -0.0637. The molecule has 0 spiro atoms. The van der Waals surface area contributed by atoms with Gasteiger partial charge in [-0.15, -0.1) is 11.6 Å². The summed E-state index contributed by atoms with van der Waals surface area (Å²) in [6, 6.07) is 0.283. The maximum atomic E-state index is 11.7. The largest absolute Gasteiger partial charge is 0.337 e. The van der Waals surface area contributed by atoms with Crippen molar-refractivity contribution in [3.8, 4) is 0 Å². The molecule has 1 aliphatic rings. The Morgan fingerprint density at radius 1 is 1.13 bits per heavy atom. The van der Waals surface area contributed by atoms with Gasteiger partial charge >= 0.3 is 6.03 Å². The molecule has 1 rings (SSSR count). The number of halogens is 1. The number of carbonyl (C=O) groups is 1. The van der Waals surface area contributed by atoms with E-state index in [0.29, 0.717) is 23.9 Å². The highest BCUT2D eigenvalue weighted by Crippen LogP contribution is 2.35. The quantitative estimate of drug-likeness (QED) is 0.400. The monoisotopic (exact) mass is 344 g/mol. The number of nitrogens with one attached hydrogen (secondary N) is 2. The van der Waals surface area contributed by atoms with Gasteiger partial charge in [0, 0.05) is 18.5 Å². The van der Waals surface area contributed by atoms with Crippen LogP contribution in [-0.2, 0) is 0 Å². The molecule has 23 heavy (non-hydrogen) atoms. The van der Waals surface area contributed by atoms with Crippen LogP contribution < -0.4 is 10.6 Å². The topological polar surface area (TPSA) is 41.1 Å². The van der Waals surface area contributed by atoms with Crippen LogP contribution in [0.2, 0.25) is 0 Å². The van der Waals surface area contributed by atoms with Crippen LogP contribution in [0.1, 0.15) is 85.0 Å². The molecule has 4 heteroatoms. The highest BCUT2D eigenvalue weighted by Gasteiger charge is 2.25. The minimum absolute atomic E-state index is 0.0637. The lowest BCUT2D eigenvalue weighted by atomic mass is 9.76. The molecule has 0 aromatic carbocycles. The van der Waals surface area contributed by atoms with Crippen LogP contribution >= 0.6 is 11.6 Å². The van der Waals surface area contributed by atoms with E-state index < -0.39 is 0 Å². The lowest BCUT2D eigenvalue weighted by molar-refractivity contribution is 0.212. The molecular weight excluding hydrogens is 308 g/mol. The second kappa shape index (κ2) is 11.2. The summed E-state index contributed by atoms with van der Waals surface area (Å²) in [5, 5.41) is 5.85. The molecule has 0 heterocycles. The summed E-state index contributed by atoms with van der Waals surface area (Å²) in [7, 11) is 0. The molecule has 3 nitrogen and oxygen atoms in total. The first-order chi connectivity index (χ1) is 11.0. The fourth-order valence-corrected chi connectivity index (χ4v) is 3.66. The second-order valence-electron chi connectivity index (χ2n) is 7.97. The van der Waals surface area contributed by atoms with Crippen molar-refractivity contribution < 1.29 is 4.79 Å². The summed E-state index contributed by atoms with van der Waals surface area (Å²) < 4.78 is 0. The van der Waals surface area contributed by atoms with E-state index in [2.05, 4.69) is 31.4 Å². The van der Waals surface area contributed by atoms with Crippen molar-refractivity contribution in [2.45, 2.75) is 91.0 Å². The van der Waals surface area contributed by atoms with Gasteiger partial charge in [-0.2, -0.15) is 0 Å². The average molecular weight is 345 g/mol. The zero-order valence-electron chi connectivity index (χ0n) is 15.4. The van der Waals surface area contributed by atoms with Crippen LogP contribution in [0.15, 0.2) is 0 Å². The lowest BCUT2D eigenvalue weighted by Gasteiger charge is -2.32. The van der Waals surface area contributed by atoms with Crippen molar-refractivity contribution in [2.75, 3.05) is 12.4 Å². The van der Waals surface area contributed by atoms with E-state index in [1.807, 2.05) is 0 Å². The summed E-state index contributed by atoms with van der Waals surface area (Å²) in [4.78, 5) is 11.7. The third kappa shape index (κ3) is 9.44. The average Bonchev–Trinajstić information content (AvgIpc) is 2.52. The molecule has 0 atom stereocenters. The van der Waals surface area contributed by atoms with Crippen molar-refractivity contribution >= 4 is 17.6 Å². The highest BCUT2D eigenvalue weighted by molar-refractivity contribution is 6.18. The molecular formula is C19H37ClN2O. The van der Waals surface area contributed by atoms with Gasteiger partial charge in [0.15, 0.2) is 0 Å². The van der Waals surface area contributed by atoms with Crippen LogP contribution in [0.3, 0.4) is 0 Å². The van der Waals surface area contributed by atoms with E-state index >= 15 is 0 Å². The van der Waals surface area contributed by atoms with E-state index in [1.165, 1.54) is 51.4 Å². The molecule has 0 aliphatic heterocycles. The first-order valence-electron chi connectivity index (χ1n) is 9.57. The maximum absolute atomic E-state index is 11.7. The van der Waals surface area contributed by atoms with E-state index in [9.17, 15) is 4.79 Å². The molecule has 1 aliphatic carbocycles. The van der Waals surface area contributed by atoms with Crippen molar-refractivity contribution in [3.63, 3.8) is 0 Å². The Bertz CT molecular complexity index is 325. The number of amides is 2. The van der Waals surface area contributed by atoms with Crippen LogP contribution in [0.5, 0.6) is 0 Å². The molecule has 0 unspecified atom stereocenters. The summed E-state index contributed by atoms with van der Waals surface area (Å²) in [5.41, 5.74) is 0.492. The van der Waals surface area contributed by atoms with Crippen LogP contribution in [0.25, 0.3) is 0 Å². The summed E-state index contributed by atoms with van der Waals surface area (Å²) in [6.45, 7) is 7.67. The van der Waals surface area contributed by atoms with Gasteiger partial charge in [0.05, 0.1) is 0 Å². The SMILES string of the molecule is CCCCCC(C)(C)CCC1CCC(NC(=O)NCCCl)CC1. The Morgan fingerprint density at radius 3 is 2.43 bits per heavy atom. The van der Waals surface area contributed by atoms with Crippen molar-refractivity contribution in [2.24, 2.45) is 11.3 Å². The zero-order valence-corrected chi connectivity index (χ0v) is 16.2. The molecule has 1 saturated carbocycles. The minimum Gasteiger partial charge on any atom is -0.337 e. The predicted molar refractivity (Wildman–Crippen MR) is 100 cm³/mol. The molecule has 0 aromatic rings. The molecule has 136 valence electrons. The number of unbranched alkanes of at least 4 members (excludes halogenated alkanes) is 2. The number of rotatable bonds is 10. The van der Waals surface area contributed by atoms with Crippen molar-refractivity contribution in [3.05, 3.63) is 0 Å². The molecule has 1 fully saturated rings. The predicted octanol–water partition coefficient (Wildman–Crippen LogP) is 5.47. The fourth-order valence-electron chi connectivity index (χ4n) is 3.57. The number of alkyl halides is 1. The fraction of sp³-hybridized carbons (Fsp3) is 0.947. The van der Waals surface area contributed by atoms with E-state index in [-0.39, 0.29) is 6.03 Å². The van der Waals surface area contributed by atoms with Gasteiger partial charge in [-0.3, -0.25) is 0 Å². The van der Waals surface area contributed by atoms with Gasteiger partial charge in [0.2, 0.25) is 0 Å². The number of urea groups is 1.